The topological polar surface area (TPSA) is 88.0 Å². The van der Waals surface area contributed by atoms with Gasteiger partial charge in [-0.2, -0.15) is 5.10 Å². The SMILES string of the molecule is O=C(Cc1ccc2oc(-c3cccc(F)c3)cc(=O)c2c1)Nc1cc(C2CC2)[nH]n1. The van der Waals surface area contributed by atoms with Crippen LogP contribution < -0.4 is 10.7 Å². The largest absolute Gasteiger partial charge is 0.456 e. The molecular formula is C23H18FN3O3. The maximum absolute atomic E-state index is 13.5. The van der Waals surface area contributed by atoms with E-state index in [0.29, 0.717) is 39.6 Å². The Bertz CT molecular complexity index is 1320. The summed E-state index contributed by atoms with van der Waals surface area (Å²) in [5, 5.41) is 10.2. The Morgan fingerprint density at radius 2 is 2.03 bits per heavy atom. The zero-order valence-corrected chi connectivity index (χ0v) is 15.9. The number of benzene rings is 2. The van der Waals surface area contributed by atoms with Crippen molar-refractivity contribution < 1.29 is 13.6 Å². The molecule has 4 aromatic rings. The molecule has 2 N–H and O–H groups in total. The molecule has 7 heteroatoms. The molecule has 1 amide bonds. The number of hydrogen-bond donors (Lipinski definition) is 2. The van der Waals surface area contributed by atoms with Crippen LogP contribution >= 0.6 is 0 Å². The molecule has 1 aliphatic carbocycles. The van der Waals surface area contributed by atoms with Gasteiger partial charge in [0.15, 0.2) is 11.2 Å². The Morgan fingerprint density at radius 1 is 1.17 bits per heavy atom. The van der Waals surface area contributed by atoms with Gasteiger partial charge in [-0.05, 0) is 42.7 Å². The first kappa shape index (κ1) is 18.3. The average molecular weight is 403 g/mol. The second-order valence-corrected chi connectivity index (χ2v) is 7.52. The van der Waals surface area contributed by atoms with Gasteiger partial charge in [0.2, 0.25) is 5.91 Å². The normalized spacial score (nSPS) is 13.5. The quantitative estimate of drug-likeness (QED) is 0.518. The lowest BCUT2D eigenvalue weighted by molar-refractivity contribution is -0.115. The predicted molar refractivity (Wildman–Crippen MR) is 111 cm³/mol. The molecule has 150 valence electrons. The Kier molecular flexibility index (Phi) is 4.43. The van der Waals surface area contributed by atoms with Crippen molar-refractivity contribution >= 4 is 22.7 Å². The van der Waals surface area contributed by atoms with E-state index in [1.54, 1.807) is 30.3 Å². The molecule has 6 nitrogen and oxygen atoms in total. The van der Waals surface area contributed by atoms with Crippen LogP contribution in [0.25, 0.3) is 22.3 Å². The van der Waals surface area contributed by atoms with E-state index in [1.165, 1.54) is 18.2 Å². The number of nitrogens with one attached hydrogen (secondary N) is 2. The highest BCUT2D eigenvalue weighted by molar-refractivity contribution is 5.92. The first-order valence-electron chi connectivity index (χ1n) is 9.73. The van der Waals surface area contributed by atoms with Crippen LogP contribution in [0.5, 0.6) is 0 Å². The van der Waals surface area contributed by atoms with Crippen molar-refractivity contribution in [2.75, 3.05) is 5.32 Å². The number of amides is 1. The molecule has 1 aliphatic rings. The van der Waals surface area contributed by atoms with Crippen molar-refractivity contribution in [1.82, 2.24) is 10.2 Å². The van der Waals surface area contributed by atoms with Gasteiger partial charge in [-0.3, -0.25) is 14.7 Å². The maximum atomic E-state index is 13.5. The second kappa shape index (κ2) is 7.26. The minimum Gasteiger partial charge on any atom is -0.456 e. The third-order valence-electron chi connectivity index (χ3n) is 5.15. The Hall–Kier alpha value is -3.74. The third kappa shape index (κ3) is 3.74. The van der Waals surface area contributed by atoms with E-state index in [-0.39, 0.29) is 17.8 Å². The van der Waals surface area contributed by atoms with Crippen molar-refractivity contribution in [3.05, 3.63) is 81.9 Å². The average Bonchev–Trinajstić information content (AvgIpc) is 3.48. The Labute approximate surface area is 170 Å². The van der Waals surface area contributed by atoms with E-state index in [9.17, 15) is 14.0 Å². The molecule has 5 rings (SSSR count). The molecule has 2 heterocycles. The highest BCUT2D eigenvalue weighted by Crippen LogP contribution is 2.39. The summed E-state index contributed by atoms with van der Waals surface area (Å²) in [5.74, 6) is 0.700. The van der Waals surface area contributed by atoms with E-state index in [4.69, 9.17) is 4.42 Å². The molecule has 0 saturated heterocycles. The fraction of sp³-hybridized carbons (Fsp3) is 0.174. The summed E-state index contributed by atoms with van der Waals surface area (Å²) in [6, 6.07) is 14.1. The molecule has 0 unspecified atom stereocenters. The molecule has 0 atom stereocenters. The van der Waals surface area contributed by atoms with E-state index >= 15 is 0 Å². The molecule has 30 heavy (non-hydrogen) atoms. The summed E-state index contributed by atoms with van der Waals surface area (Å²) in [5.41, 5.74) is 2.35. The summed E-state index contributed by atoms with van der Waals surface area (Å²) in [6.45, 7) is 0. The maximum Gasteiger partial charge on any atom is 0.229 e. The van der Waals surface area contributed by atoms with Gasteiger partial charge in [-0.25, -0.2) is 4.39 Å². The monoisotopic (exact) mass is 403 g/mol. The summed E-state index contributed by atoms with van der Waals surface area (Å²) >= 11 is 0. The smallest absolute Gasteiger partial charge is 0.229 e. The van der Waals surface area contributed by atoms with Crippen LogP contribution in [-0.2, 0) is 11.2 Å². The number of nitrogens with zero attached hydrogens (tertiary/aromatic N) is 1. The summed E-state index contributed by atoms with van der Waals surface area (Å²) in [6.07, 6.45) is 2.40. The number of hydrogen-bond acceptors (Lipinski definition) is 4. The number of halogens is 1. The Balaban J connectivity index is 1.36. The lowest BCUT2D eigenvalue weighted by Gasteiger charge is -2.06. The predicted octanol–water partition coefficient (Wildman–Crippen LogP) is 4.38. The fourth-order valence-electron chi connectivity index (χ4n) is 3.47. The number of fused-ring (bicyclic) bond motifs is 1. The van der Waals surface area contributed by atoms with Crippen LogP contribution in [0.4, 0.5) is 10.2 Å². The van der Waals surface area contributed by atoms with Gasteiger partial charge in [0, 0.05) is 29.3 Å². The van der Waals surface area contributed by atoms with Crippen molar-refractivity contribution in [2.24, 2.45) is 0 Å². The molecule has 2 aromatic carbocycles. The second-order valence-electron chi connectivity index (χ2n) is 7.52. The number of carbonyl (C=O) groups excluding carboxylic acids is 1. The van der Waals surface area contributed by atoms with Gasteiger partial charge in [-0.1, -0.05) is 18.2 Å². The zero-order chi connectivity index (χ0) is 20.7. The lowest BCUT2D eigenvalue weighted by Crippen LogP contribution is -2.15. The standard InChI is InChI=1S/C23H18FN3O3/c24-16-3-1-2-15(10-16)21-12-19(28)17-8-13(4-7-20(17)30-21)9-23(29)25-22-11-18(26-27-22)14-5-6-14/h1-4,7-8,10-12,14H,5-6,9H2,(H2,25,26,27,29). The van der Waals surface area contributed by atoms with E-state index in [0.717, 1.165) is 18.5 Å². The van der Waals surface area contributed by atoms with Crippen LogP contribution in [-0.4, -0.2) is 16.1 Å². The van der Waals surface area contributed by atoms with Gasteiger partial charge in [0.25, 0.3) is 0 Å². The molecule has 0 radical (unpaired) electrons. The number of anilines is 1. The minimum atomic E-state index is -0.405. The summed E-state index contributed by atoms with van der Waals surface area (Å²) < 4.78 is 19.3. The molecule has 1 fully saturated rings. The van der Waals surface area contributed by atoms with Crippen LogP contribution in [0.2, 0.25) is 0 Å². The van der Waals surface area contributed by atoms with Crippen molar-refractivity contribution in [3.8, 4) is 11.3 Å². The number of H-pyrrole nitrogens is 1. The van der Waals surface area contributed by atoms with E-state index in [2.05, 4.69) is 15.5 Å². The summed E-state index contributed by atoms with van der Waals surface area (Å²) in [4.78, 5) is 25.0. The van der Waals surface area contributed by atoms with Crippen molar-refractivity contribution in [3.63, 3.8) is 0 Å². The lowest BCUT2D eigenvalue weighted by atomic mass is 10.1. The number of aromatic nitrogens is 2. The molecule has 2 aromatic heterocycles. The fourth-order valence-corrected chi connectivity index (χ4v) is 3.47. The zero-order valence-electron chi connectivity index (χ0n) is 15.9. The van der Waals surface area contributed by atoms with Crippen molar-refractivity contribution in [2.45, 2.75) is 25.2 Å². The van der Waals surface area contributed by atoms with Gasteiger partial charge in [0.1, 0.15) is 17.2 Å². The van der Waals surface area contributed by atoms with Crippen LogP contribution in [0.1, 0.15) is 30.0 Å². The highest BCUT2D eigenvalue weighted by atomic mass is 19.1. The molecule has 0 aliphatic heterocycles. The minimum absolute atomic E-state index is 0.104. The number of aromatic amines is 1. The van der Waals surface area contributed by atoms with Gasteiger partial charge in [-0.15, -0.1) is 0 Å². The summed E-state index contributed by atoms with van der Waals surface area (Å²) in [7, 11) is 0. The van der Waals surface area contributed by atoms with E-state index < -0.39 is 5.82 Å². The van der Waals surface area contributed by atoms with E-state index in [1.807, 2.05) is 6.07 Å². The number of rotatable bonds is 5. The van der Waals surface area contributed by atoms with Gasteiger partial charge >= 0.3 is 0 Å². The van der Waals surface area contributed by atoms with Crippen molar-refractivity contribution in [1.29, 1.82) is 0 Å². The molecule has 0 spiro atoms. The van der Waals surface area contributed by atoms with Crippen LogP contribution in [0.3, 0.4) is 0 Å². The third-order valence-corrected chi connectivity index (χ3v) is 5.15. The first-order chi connectivity index (χ1) is 14.5. The van der Waals surface area contributed by atoms with Crippen LogP contribution in [0.15, 0.2) is 63.8 Å². The molecule has 1 saturated carbocycles. The van der Waals surface area contributed by atoms with Gasteiger partial charge in [0.05, 0.1) is 11.8 Å². The highest BCUT2D eigenvalue weighted by Gasteiger charge is 2.25. The molecule has 0 bridgehead atoms. The molecular weight excluding hydrogens is 385 g/mol. The number of carbonyl (C=O) groups is 1. The first-order valence-corrected chi connectivity index (χ1v) is 9.73. The van der Waals surface area contributed by atoms with Gasteiger partial charge < -0.3 is 9.73 Å². The Morgan fingerprint density at radius 3 is 2.83 bits per heavy atom. The van der Waals surface area contributed by atoms with Crippen LogP contribution in [0, 0.1) is 5.82 Å².